The van der Waals surface area contributed by atoms with Gasteiger partial charge in [0.1, 0.15) is 5.75 Å². The number of halogens is 2. The van der Waals surface area contributed by atoms with Gasteiger partial charge >= 0.3 is 5.97 Å². The first-order chi connectivity index (χ1) is 15.8. The lowest BCUT2D eigenvalue weighted by molar-refractivity contribution is -0.120. The zero-order chi connectivity index (χ0) is 23.8. The van der Waals surface area contributed by atoms with Crippen molar-refractivity contribution in [3.05, 3.63) is 98.5 Å². The maximum atomic E-state index is 12.5. The molecular weight excluding hydrogens is 510 g/mol. The van der Waals surface area contributed by atoms with E-state index >= 15 is 0 Å². The number of nitrogens with zero attached hydrogens (tertiary/aromatic N) is 1. The van der Waals surface area contributed by atoms with Crippen LogP contribution in [-0.4, -0.2) is 30.5 Å². The summed E-state index contributed by atoms with van der Waals surface area (Å²) in [7, 11) is 0. The summed E-state index contributed by atoms with van der Waals surface area (Å²) in [4.78, 5) is 36.6. The molecule has 0 radical (unpaired) electrons. The van der Waals surface area contributed by atoms with Crippen molar-refractivity contribution in [1.82, 2.24) is 10.7 Å². The SMILES string of the molecule is Cc1cccc(C(=O)NCC(=O)NN=Cc2cc(Br)ccc2OC(=O)c2ccccc2Cl)c1. The largest absolute Gasteiger partial charge is 0.422 e. The fraction of sp³-hybridized carbons (Fsp3) is 0.0833. The molecule has 33 heavy (non-hydrogen) atoms. The molecule has 3 rings (SSSR count). The Hall–Kier alpha value is -3.49. The number of hydrazone groups is 1. The quantitative estimate of drug-likeness (QED) is 0.204. The van der Waals surface area contributed by atoms with Crippen molar-refractivity contribution in [3.8, 4) is 5.75 Å². The van der Waals surface area contributed by atoms with Crippen molar-refractivity contribution < 1.29 is 19.1 Å². The number of esters is 1. The van der Waals surface area contributed by atoms with Crippen LogP contribution in [0, 0.1) is 6.92 Å². The Balaban J connectivity index is 1.60. The summed E-state index contributed by atoms with van der Waals surface area (Å²) >= 11 is 9.41. The van der Waals surface area contributed by atoms with Crippen LogP contribution in [0.5, 0.6) is 5.75 Å². The van der Waals surface area contributed by atoms with Gasteiger partial charge in [-0.1, -0.05) is 57.4 Å². The number of benzene rings is 3. The average molecular weight is 529 g/mol. The molecule has 0 unspecified atom stereocenters. The van der Waals surface area contributed by atoms with Crippen molar-refractivity contribution in [2.75, 3.05) is 6.54 Å². The molecule has 0 spiro atoms. The Morgan fingerprint density at radius 1 is 1.06 bits per heavy atom. The highest BCUT2D eigenvalue weighted by atomic mass is 79.9. The van der Waals surface area contributed by atoms with Gasteiger partial charge in [-0.25, -0.2) is 10.2 Å². The molecule has 3 aromatic carbocycles. The third-order valence-corrected chi connectivity index (χ3v) is 5.17. The fourth-order valence-corrected chi connectivity index (χ4v) is 3.35. The number of ether oxygens (including phenoxy) is 1. The molecule has 7 nitrogen and oxygen atoms in total. The summed E-state index contributed by atoms with van der Waals surface area (Å²) in [6.07, 6.45) is 1.33. The number of carbonyl (C=O) groups is 3. The molecule has 0 aromatic heterocycles. The van der Waals surface area contributed by atoms with E-state index in [9.17, 15) is 14.4 Å². The molecule has 0 fully saturated rings. The molecule has 2 N–H and O–H groups in total. The number of carbonyl (C=O) groups excluding carboxylic acids is 3. The number of aryl methyl sites for hydroxylation is 1. The molecule has 0 aliphatic carbocycles. The highest BCUT2D eigenvalue weighted by Gasteiger charge is 2.14. The molecule has 0 heterocycles. The second-order valence-electron chi connectivity index (χ2n) is 6.90. The number of hydrogen-bond acceptors (Lipinski definition) is 5. The van der Waals surface area contributed by atoms with Gasteiger partial charge in [-0.15, -0.1) is 0 Å². The predicted octanol–water partition coefficient (Wildman–Crippen LogP) is 4.51. The summed E-state index contributed by atoms with van der Waals surface area (Å²) < 4.78 is 6.18. The van der Waals surface area contributed by atoms with E-state index in [1.807, 2.05) is 13.0 Å². The molecule has 0 atom stereocenters. The minimum atomic E-state index is -0.625. The monoisotopic (exact) mass is 527 g/mol. The van der Waals surface area contributed by atoms with Gasteiger partial charge in [-0.3, -0.25) is 9.59 Å². The van der Waals surface area contributed by atoms with E-state index in [2.05, 4.69) is 31.8 Å². The minimum absolute atomic E-state index is 0.225. The summed E-state index contributed by atoms with van der Waals surface area (Å²) in [6, 6.07) is 18.5. The zero-order valence-corrected chi connectivity index (χ0v) is 19.8. The van der Waals surface area contributed by atoms with E-state index in [-0.39, 0.29) is 28.8 Å². The topological polar surface area (TPSA) is 96.9 Å². The van der Waals surface area contributed by atoms with Gasteiger partial charge in [0.25, 0.3) is 11.8 Å². The van der Waals surface area contributed by atoms with Crippen molar-refractivity contribution in [1.29, 1.82) is 0 Å². The number of amides is 2. The number of rotatable bonds is 7. The normalized spacial score (nSPS) is 10.6. The van der Waals surface area contributed by atoms with Gasteiger partial charge in [-0.05, 0) is 49.4 Å². The first-order valence-electron chi connectivity index (χ1n) is 9.76. The smallest absolute Gasteiger partial charge is 0.345 e. The van der Waals surface area contributed by atoms with Gasteiger partial charge in [0.2, 0.25) is 0 Å². The molecule has 168 valence electrons. The number of nitrogens with one attached hydrogen (secondary N) is 2. The Labute approximate surface area is 203 Å². The van der Waals surface area contributed by atoms with Gasteiger partial charge in [0, 0.05) is 15.6 Å². The van der Waals surface area contributed by atoms with Crippen molar-refractivity contribution in [2.24, 2.45) is 5.10 Å². The van der Waals surface area contributed by atoms with Crippen LogP contribution in [0.3, 0.4) is 0 Å². The maximum Gasteiger partial charge on any atom is 0.345 e. The zero-order valence-electron chi connectivity index (χ0n) is 17.5. The van der Waals surface area contributed by atoms with E-state index in [0.717, 1.165) is 10.0 Å². The Bertz CT molecular complexity index is 1230. The summed E-state index contributed by atoms with van der Waals surface area (Å²) in [5, 5.41) is 6.70. The van der Waals surface area contributed by atoms with E-state index in [1.165, 1.54) is 6.21 Å². The van der Waals surface area contributed by atoms with Crippen LogP contribution >= 0.6 is 27.5 Å². The first-order valence-corrected chi connectivity index (χ1v) is 10.9. The first kappa shape index (κ1) is 24.2. The van der Waals surface area contributed by atoms with Crippen LogP contribution in [0.15, 0.2) is 76.3 Å². The lowest BCUT2D eigenvalue weighted by atomic mass is 10.1. The average Bonchev–Trinajstić information content (AvgIpc) is 2.79. The molecule has 0 saturated heterocycles. The predicted molar refractivity (Wildman–Crippen MR) is 130 cm³/mol. The second kappa shape index (κ2) is 11.4. The van der Waals surface area contributed by atoms with E-state index in [0.29, 0.717) is 11.1 Å². The third kappa shape index (κ3) is 7.00. The Morgan fingerprint density at radius 3 is 2.61 bits per heavy atom. The number of hydrogen-bond donors (Lipinski definition) is 2. The Morgan fingerprint density at radius 2 is 1.85 bits per heavy atom. The third-order valence-electron chi connectivity index (χ3n) is 4.35. The van der Waals surface area contributed by atoms with Crippen LogP contribution < -0.4 is 15.5 Å². The summed E-state index contributed by atoms with van der Waals surface area (Å²) in [5.74, 6) is -1.27. The van der Waals surface area contributed by atoms with Crippen molar-refractivity contribution >= 4 is 51.5 Å². The fourth-order valence-electron chi connectivity index (χ4n) is 2.76. The lowest BCUT2D eigenvalue weighted by Crippen LogP contribution is -2.34. The van der Waals surface area contributed by atoms with Crippen LogP contribution in [0.25, 0.3) is 0 Å². The van der Waals surface area contributed by atoms with Crippen molar-refractivity contribution in [3.63, 3.8) is 0 Å². The Kier molecular flexibility index (Phi) is 8.34. The van der Waals surface area contributed by atoms with E-state index < -0.39 is 11.9 Å². The molecule has 0 bridgehead atoms. The van der Waals surface area contributed by atoms with E-state index in [1.54, 1.807) is 60.7 Å². The summed E-state index contributed by atoms with van der Waals surface area (Å²) in [5.41, 5.74) is 4.40. The molecule has 2 amide bonds. The van der Waals surface area contributed by atoms with Crippen LogP contribution in [-0.2, 0) is 4.79 Å². The van der Waals surface area contributed by atoms with E-state index in [4.69, 9.17) is 16.3 Å². The maximum absolute atomic E-state index is 12.5. The molecule has 3 aromatic rings. The summed E-state index contributed by atoms with van der Waals surface area (Å²) in [6.45, 7) is 1.62. The highest BCUT2D eigenvalue weighted by molar-refractivity contribution is 9.10. The molecule has 0 aliphatic heterocycles. The van der Waals surface area contributed by atoms with Gasteiger partial charge in [-0.2, -0.15) is 5.10 Å². The van der Waals surface area contributed by atoms with Crippen LogP contribution in [0.1, 0.15) is 31.8 Å². The second-order valence-corrected chi connectivity index (χ2v) is 8.22. The molecule has 0 aliphatic rings. The van der Waals surface area contributed by atoms with Crippen LogP contribution in [0.4, 0.5) is 0 Å². The standard InChI is InChI=1S/C24H19BrClN3O4/c1-15-5-4-6-16(11-15)23(31)27-14-22(30)29-28-13-17-12-18(25)9-10-21(17)33-24(32)19-7-2-3-8-20(19)26/h2-13H,14H2,1H3,(H,27,31)(H,29,30). The highest BCUT2D eigenvalue weighted by Crippen LogP contribution is 2.24. The lowest BCUT2D eigenvalue weighted by Gasteiger charge is -2.09. The van der Waals surface area contributed by atoms with Gasteiger partial charge in [0.15, 0.2) is 0 Å². The molecule has 0 saturated carbocycles. The van der Waals surface area contributed by atoms with Gasteiger partial charge < -0.3 is 10.1 Å². The molecular formula is C24H19BrClN3O4. The minimum Gasteiger partial charge on any atom is -0.422 e. The molecule has 9 heteroatoms. The van der Waals surface area contributed by atoms with Crippen molar-refractivity contribution in [2.45, 2.75) is 6.92 Å². The van der Waals surface area contributed by atoms with Gasteiger partial charge in [0.05, 0.1) is 23.3 Å². The van der Waals surface area contributed by atoms with Crippen LogP contribution in [0.2, 0.25) is 5.02 Å².